The SMILES string of the molecule is CC(=O)c1c(C)oc(Nc2ccc(C)nn2)c1C(N)=O. The number of Topliss-reactive ketones (excluding diaryl/α,β-unsaturated/α-hetero) is 1. The molecule has 0 saturated heterocycles. The minimum Gasteiger partial charge on any atom is -0.444 e. The second kappa shape index (κ2) is 5.12. The highest BCUT2D eigenvalue weighted by Crippen LogP contribution is 2.29. The maximum Gasteiger partial charge on any atom is 0.255 e. The van der Waals surface area contributed by atoms with Crippen LogP contribution < -0.4 is 11.1 Å². The predicted molar refractivity (Wildman–Crippen MR) is 72.0 cm³/mol. The number of rotatable bonds is 4. The third-order valence-corrected chi connectivity index (χ3v) is 2.72. The molecule has 0 bridgehead atoms. The number of nitrogens with two attached hydrogens (primary N) is 1. The topological polar surface area (TPSA) is 111 Å². The molecule has 20 heavy (non-hydrogen) atoms. The van der Waals surface area contributed by atoms with Crippen molar-refractivity contribution in [2.45, 2.75) is 20.8 Å². The van der Waals surface area contributed by atoms with Crippen molar-refractivity contribution in [3.05, 3.63) is 34.7 Å². The first-order valence-electron chi connectivity index (χ1n) is 5.91. The van der Waals surface area contributed by atoms with Gasteiger partial charge in [-0.25, -0.2) is 0 Å². The molecule has 7 heteroatoms. The first kappa shape index (κ1) is 13.7. The van der Waals surface area contributed by atoms with Gasteiger partial charge in [-0.1, -0.05) is 0 Å². The highest BCUT2D eigenvalue weighted by molar-refractivity contribution is 6.10. The average Bonchev–Trinajstić information content (AvgIpc) is 2.69. The highest BCUT2D eigenvalue weighted by atomic mass is 16.4. The number of carbonyl (C=O) groups is 2. The van der Waals surface area contributed by atoms with E-state index in [0.717, 1.165) is 5.69 Å². The van der Waals surface area contributed by atoms with E-state index in [1.165, 1.54) is 6.92 Å². The molecule has 3 N–H and O–H groups in total. The van der Waals surface area contributed by atoms with Gasteiger partial charge in [0.05, 0.1) is 11.3 Å². The molecular formula is C13H14N4O3. The lowest BCUT2D eigenvalue weighted by atomic mass is 10.1. The van der Waals surface area contributed by atoms with Gasteiger partial charge in [-0.2, -0.15) is 5.10 Å². The quantitative estimate of drug-likeness (QED) is 0.821. The Hall–Kier alpha value is -2.70. The number of nitrogens with zero attached hydrogens (tertiary/aromatic N) is 2. The number of ketones is 1. The van der Waals surface area contributed by atoms with Crippen molar-refractivity contribution in [1.82, 2.24) is 10.2 Å². The fourth-order valence-electron chi connectivity index (χ4n) is 1.87. The molecule has 0 aliphatic carbocycles. The number of hydrogen-bond acceptors (Lipinski definition) is 6. The number of furan rings is 1. The number of aryl methyl sites for hydroxylation is 2. The van der Waals surface area contributed by atoms with Crippen LogP contribution in [0.3, 0.4) is 0 Å². The van der Waals surface area contributed by atoms with Crippen molar-refractivity contribution in [2.24, 2.45) is 5.73 Å². The smallest absolute Gasteiger partial charge is 0.255 e. The number of nitrogens with one attached hydrogen (secondary N) is 1. The fraction of sp³-hybridized carbons (Fsp3) is 0.231. The van der Waals surface area contributed by atoms with Crippen molar-refractivity contribution in [3.63, 3.8) is 0 Å². The summed E-state index contributed by atoms with van der Waals surface area (Å²) >= 11 is 0. The molecule has 0 radical (unpaired) electrons. The molecule has 2 heterocycles. The molecule has 2 aromatic heterocycles. The summed E-state index contributed by atoms with van der Waals surface area (Å²) < 4.78 is 5.40. The average molecular weight is 274 g/mol. The van der Waals surface area contributed by atoms with E-state index in [0.29, 0.717) is 11.6 Å². The molecule has 2 aromatic rings. The largest absolute Gasteiger partial charge is 0.444 e. The zero-order chi connectivity index (χ0) is 14.9. The summed E-state index contributed by atoms with van der Waals surface area (Å²) in [6, 6.07) is 3.43. The maximum atomic E-state index is 11.6. The second-order valence-corrected chi connectivity index (χ2v) is 4.34. The van der Waals surface area contributed by atoms with Crippen molar-refractivity contribution < 1.29 is 14.0 Å². The lowest BCUT2D eigenvalue weighted by Crippen LogP contribution is -2.16. The molecule has 0 atom stereocenters. The zero-order valence-electron chi connectivity index (χ0n) is 11.4. The third-order valence-electron chi connectivity index (χ3n) is 2.72. The van der Waals surface area contributed by atoms with E-state index >= 15 is 0 Å². The van der Waals surface area contributed by atoms with Crippen LogP contribution in [0.5, 0.6) is 0 Å². The van der Waals surface area contributed by atoms with Crippen LogP contribution in [-0.2, 0) is 0 Å². The van der Waals surface area contributed by atoms with Gasteiger partial charge in [-0.3, -0.25) is 9.59 Å². The standard InChI is InChI=1S/C13H14N4O3/c1-6-4-5-9(17-16-6)15-13-11(12(14)19)10(7(2)18)8(3)20-13/h4-5H,1-3H3,(H2,14,19)(H,15,17). The minimum absolute atomic E-state index is 0.0253. The maximum absolute atomic E-state index is 11.6. The Balaban J connectivity index is 2.46. The lowest BCUT2D eigenvalue weighted by molar-refractivity contribution is 0.0974. The molecular weight excluding hydrogens is 260 g/mol. The number of amides is 1. The van der Waals surface area contributed by atoms with Crippen LogP contribution >= 0.6 is 0 Å². The molecule has 0 saturated carbocycles. The zero-order valence-corrected chi connectivity index (χ0v) is 11.4. The van der Waals surface area contributed by atoms with Crippen molar-refractivity contribution >= 4 is 23.4 Å². The van der Waals surface area contributed by atoms with Crippen molar-refractivity contribution in [2.75, 3.05) is 5.32 Å². The van der Waals surface area contributed by atoms with Gasteiger partial charge in [0.15, 0.2) is 11.6 Å². The molecule has 0 fully saturated rings. The summed E-state index contributed by atoms with van der Waals surface area (Å²) in [6.45, 7) is 4.74. The third kappa shape index (κ3) is 2.51. The van der Waals surface area contributed by atoms with Gasteiger partial charge >= 0.3 is 0 Å². The Morgan fingerprint density at radius 1 is 1.20 bits per heavy atom. The minimum atomic E-state index is -0.741. The number of carbonyl (C=O) groups excluding carboxylic acids is 2. The summed E-state index contributed by atoms with van der Waals surface area (Å²) in [5, 5.41) is 10.6. The van der Waals surface area contributed by atoms with Crippen LogP contribution in [0, 0.1) is 13.8 Å². The van der Waals surface area contributed by atoms with E-state index < -0.39 is 5.91 Å². The van der Waals surface area contributed by atoms with E-state index in [4.69, 9.17) is 10.2 Å². The Kier molecular flexibility index (Phi) is 3.51. The molecule has 0 spiro atoms. The predicted octanol–water partition coefficient (Wildman–Crippen LogP) is 1.73. The van der Waals surface area contributed by atoms with Crippen LogP contribution in [0.25, 0.3) is 0 Å². The lowest BCUT2D eigenvalue weighted by Gasteiger charge is -2.03. The van der Waals surface area contributed by atoms with E-state index in [2.05, 4.69) is 15.5 Å². The van der Waals surface area contributed by atoms with E-state index in [-0.39, 0.29) is 22.8 Å². The molecule has 0 unspecified atom stereocenters. The van der Waals surface area contributed by atoms with E-state index in [9.17, 15) is 9.59 Å². The Morgan fingerprint density at radius 2 is 1.90 bits per heavy atom. The van der Waals surface area contributed by atoms with Crippen LogP contribution in [0.4, 0.5) is 11.7 Å². The van der Waals surface area contributed by atoms with Gasteiger partial charge in [-0.05, 0) is 32.9 Å². The highest BCUT2D eigenvalue weighted by Gasteiger charge is 2.25. The normalized spacial score (nSPS) is 10.3. The first-order chi connectivity index (χ1) is 9.40. The summed E-state index contributed by atoms with van der Waals surface area (Å²) in [4.78, 5) is 23.1. The van der Waals surface area contributed by atoms with Gasteiger partial charge in [-0.15, -0.1) is 5.10 Å². The number of aromatic nitrogens is 2. The Labute approximate surface area is 115 Å². The Bertz CT molecular complexity index is 674. The number of anilines is 2. The summed E-state index contributed by atoms with van der Waals surface area (Å²) in [5.41, 5.74) is 6.28. The van der Waals surface area contributed by atoms with Gasteiger partial charge in [0.1, 0.15) is 11.3 Å². The van der Waals surface area contributed by atoms with Crippen LogP contribution in [-0.4, -0.2) is 21.9 Å². The molecule has 104 valence electrons. The Morgan fingerprint density at radius 3 is 2.40 bits per heavy atom. The van der Waals surface area contributed by atoms with Crippen LogP contribution in [0.15, 0.2) is 16.5 Å². The van der Waals surface area contributed by atoms with E-state index in [1.54, 1.807) is 26.0 Å². The van der Waals surface area contributed by atoms with E-state index in [1.807, 2.05) is 0 Å². The van der Waals surface area contributed by atoms with Crippen LogP contribution in [0.1, 0.15) is 39.1 Å². The molecule has 0 aromatic carbocycles. The van der Waals surface area contributed by atoms with Gasteiger partial charge in [0.2, 0.25) is 5.88 Å². The van der Waals surface area contributed by atoms with Gasteiger partial charge in [0.25, 0.3) is 5.91 Å². The van der Waals surface area contributed by atoms with Gasteiger partial charge in [0, 0.05) is 0 Å². The molecule has 1 amide bonds. The molecule has 0 aliphatic heterocycles. The monoisotopic (exact) mass is 274 g/mol. The summed E-state index contributed by atoms with van der Waals surface area (Å²) in [5.74, 6) is -0.216. The summed E-state index contributed by atoms with van der Waals surface area (Å²) in [7, 11) is 0. The fourth-order valence-corrected chi connectivity index (χ4v) is 1.87. The van der Waals surface area contributed by atoms with Crippen LogP contribution in [0.2, 0.25) is 0 Å². The van der Waals surface area contributed by atoms with Crippen molar-refractivity contribution in [3.8, 4) is 0 Å². The first-order valence-corrected chi connectivity index (χ1v) is 5.91. The number of primary amides is 1. The van der Waals surface area contributed by atoms with Crippen molar-refractivity contribution in [1.29, 1.82) is 0 Å². The second-order valence-electron chi connectivity index (χ2n) is 4.34. The molecule has 0 aliphatic rings. The molecule has 7 nitrogen and oxygen atoms in total. The number of hydrogen-bond donors (Lipinski definition) is 2. The van der Waals surface area contributed by atoms with Gasteiger partial charge < -0.3 is 15.5 Å². The summed E-state index contributed by atoms with van der Waals surface area (Å²) in [6.07, 6.45) is 0. The molecule has 2 rings (SSSR count).